The highest BCUT2D eigenvalue weighted by Gasteiger charge is 2.20. The zero-order valence-corrected chi connectivity index (χ0v) is 22.8. The van der Waals surface area contributed by atoms with E-state index in [1.807, 2.05) is 54.6 Å². The number of nitrogens with zero attached hydrogens (tertiary/aromatic N) is 2. The minimum Gasteiger partial charge on any atom is -0.422 e. The van der Waals surface area contributed by atoms with Gasteiger partial charge in [-0.3, -0.25) is 9.36 Å². The molecule has 0 N–H and O–H groups in total. The molecule has 0 bridgehead atoms. The SMILES string of the molecule is O=c1oc2cccc3c2c2c1cccc2c(=O)n3-c1ccc2c(c1)c1cc(-c3ccccc3)ccc1n2-c1ccccc1. The van der Waals surface area contributed by atoms with E-state index in [0.29, 0.717) is 27.3 Å². The highest BCUT2D eigenvalue weighted by molar-refractivity contribution is 6.20. The maximum Gasteiger partial charge on any atom is 0.344 e. The standard InChI is InChI=1S/C38H22N2O3/c41-37-27-13-7-14-28-35(27)36-33(15-8-16-34(36)43-38(28)42)40(37)26-18-20-32-30(22-26)29-21-24(23-9-3-1-4-10-23)17-19-31(29)39(32)25-11-5-2-6-12-25/h1-22H. The molecule has 0 atom stereocenters. The molecule has 0 aliphatic rings. The molecule has 0 fully saturated rings. The van der Waals surface area contributed by atoms with E-state index in [-0.39, 0.29) is 5.56 Å². The van der Waals surface area contributed by atoms with Crippen molar-refractivity contribution in [2.45, 2.75) is 0 Å². The van der Waals surface area contributed by atoms with Gasteiger partial charge in [-0.25, -0.2) is 4.79 Å². The van der Waals surface area contributed by atoms with Crippen molar-refractivity contribution in [2.24, 2.45) is 0 Å². The second-order valence-electron chi connectivity index (χ2n) is 10.9. The molecule has 0 radical (unpaired) electrons. The molecule has 0 aliphatic carbocycles. The van der Waals surface area contributed by atoms with Gasteiger partial charge in [0.15, 0.2) is 0 Å². The monoisotopic (exact) mass is 554 g/mol. The molecular weight excluding hydrogens is 532 g/mol. The van der Waals surface area contributed by atoms with E-state index in [9.17, 15) is 9.59 Å². The zero-order chi connectivity index (χ0) is 28.7. The average Bonchev–Trinajstić information content (AvgIpc) is 3.38. The summed E-state index contributed by atoms with van der Waals surface area (Å²) in [6.45, 7) is 0. The lowest BCUT2D eigenvalue weighted by Crippen LogP contribution is -2.20. The first-order valence-corrected chi connectivity index (χ1v) is 14.2. The van der Waals surface area contributed by atoms with Gasteiger partial charge >= 0.3 is 5.63 Å². The predicted molar refractivity (Wildman–Crippen MR) is 174 cm³/mol. The zero-order valence-electron chi connectivity index (χ0n) is 22.8. The van der Waals surface area contributed by atoms with Gasteiger partial charge < -0.3 is 8.98 Å². The van der Waals surface area contributed by atoms with Crippen molar-refractivity contribution < 1.29 is 4.42 Å². The molecule has 0 saturated carbocycles. The van der Waals surface area contributed by atoms with Crippen molar-refractivity contribution in [3.63, 3.8) is 0 Å². The van der Waals surface area contributed by atoms with Crippen molar-refractivity contribution in [3.05, 3.63) is 154 Å². The Morgan fingerprint density at radius 2 is 1.14 bits per heavy atom. The molecule has 0 saturated heterocycles. The van der Waals surface area contributed by atoms with Crippen LogP contribution in [-0.4, -0.2) is 9.13 Å². The van der Waals surface area contributed by atoms with Crippen LogP contribution in [0.25, 0.3) is 77.0 Å². The number of hydrogen-bond acceptors (Lipinski definition) is 3. The van der Waals surface area contributed by atoms with Crippen LogP contribution >= 0.6 is 0 Å². The Kier molecular flexibility index (Phi) is 4.85. The molecule has 9 rings (SSSR count). The summed E-state index contributed by atoms with van der Waals surface area (Å²) in [5.74, 6) is 0. The van der Waals surface area contributed by atoms with E-state index in [4.69, 9.17) is 4.42 Å². The maximum absolute atomic E-state index is 14.2. The fraction of sp³-hybridized carbons (Fsp3) is 0. The Morgan fingerprint density at radius 3 is 1.95 bits per heavy atom. The third kappa shape index (κ3) is 3.33. The maximum atomic E-state index is 14.2. The summed E-state index contributed by atoms with van der Waals surface area (Å²) in [6, 6.07) is 44.2. The molecule has 5 heteroatoms. The topological polar surface area (TPSA) is 57.1 Å². The quantitative estimate of drug-likeness (QED) is 0.163. The molecule has 6 aromatic carbocycles. The third-order valence-corrected chi connectivity index (χ3v) is 8.54. The minimum atomic E-state index is -0.438. The van der Waals surface area contributed by atoms with Crippen molar-refractivity contribution in [2.75, 3.05) is 0 Å². The Labute approximate surface area is 244 Å². The van der Waals surface area contributed by atoms with Crippen molar-refractivity contribution >= 4 is 54.5 Å². The Hall–Kier alpha value is -5.94. The first-order chi connectivity index (χ1) is 21.2. The second kappa shape index (κ2) is 8.78. The summed E-state index contributed by atoms with van der Waals surface area (Å²) in [6.07, 6.45) is 0. The van der Waals surface area contributed by atoms with Crippen LogP contribution in [-0.2, 0) is 0 Å². The number of hydrogen-bond donors (Lipinski definition) is 0. The highest BCUT2D eigenvalue weighted by Crippen LogP contribution is 2.37. The molecule has 0 spiro atoms. The van der Waals surface area contributed by atoms with Crippen molar-refractivity contribution in [3.8, 4) is 22.5 Å². The van der Waals surface area contributed by atoms with Crippen LogP contribution in [0.5, 0.6) is 0 Å². The van der Waals surface area contributed by atoms with Gasteiger partial charge in [0.2, 0.25) is 0 Å². The number of para-hydroxylation sites is 1. The predicted octanol–water partition coefficient (Wildman–Crippen LogP) is 8.45. The summed E-state index contributed by atoms with van der Waals surface area (Å²) in [5, 5.41) is 4.47. The first kappa shape index (κ1) is 23.7. The fourth-order valence-electron chi connectivity index (χ4n) is 6.67. The summed E-state index contributed by atoms with van der Waals surface area (Å²) >= 11 is 0. The molecule has 0 amide bonds. The van der Waals surface area contributed by atoms with E-state index >= 15 is 0 Å². The van der Waals surface area contributed by atoms with Crippen LogP contribution in [0.3, 0.4) is 0 Å². The number of pyridine rings is 1. The molecule has 202 valence electrons. The number of rotatable bonds is 3. The van der Waals surface area contributed by atoms with E-state index in [0.717, 1.165) is 49.7 Å². The van der Waals surface area contributed by atoms with Gasteiger partial charge in [-0.05, 0) is 77.9 Å². The fourth-order valence-corrected chi connectivity index (χ4v) is 6.67. The van der Waals surface area contributed by atoms with Gasteiger partial charge in [0.1, 0.15) is 5.58 Å². The summed E-state index contributed by atoms with van der Waals surface area (Å²) in [5.41, 5.74) is 6.77. The Balaban J connectivity index is 1.40. The van der Waals surface area contributed by atoms with Gasteiger partial charge in [-0.2, -0.15) is 0 Å². The number of fused-ring (bicyclic) bond motifs is 3. The lowest BCUT2D eigenvalue weighted by Gasteiger charge is -2.15. The van der Waals surface area contributed by atoms with Gasteiger partial charge in [-0.15, -0.1) is 0 Å². The van der Waals surface area contributed by atoms with E-state index in [2.05, 4.69) is 59.2 Å². The van der Waals surface area contributed by atoms with Crippen LogP contribution in [0.4, 0.5) is 0 Å². The molecule has 0 aliphatic heterocycles. The van der Waals surface area contributed by atoms with Crippen LogP contribution in [0.1, 0.15) is 0 Å². The highest BCUT2D eigenvalue weighted by atomic mass is 16.4. The average molecular weight is 555 g/mol. The smallest absolute Gasteiger partial charge is 0.344 e. The van der Waals surface area contributed by atoms with Crippen LogP contribution in [0, 0.1) is 0 Å². The molecule has 9 aromatic rings. The number of aromatic nitrogens is 2. The minimum absolute atomic E-state index is 0.174. The molecule has 0 unspecified atom stereocenters. The van der Waals surface area contributed by atoms with E-state index in [1.54, 1.807) is 28.8 Å². The van der Waals surface area contributed by atoms with Crippen LogP contribution in [0.2, 0.25) is 0 Å². The normalized spacial score (nSPS) is 11.9. The van der Waals surface area contributed by atoms with Gasteiger partial charge in [0, 0.05) is 27.2 Å². The summed E-state index contributed by atoms with van der Waals surface area (Å²) in [7, 11) is 0. The molecular formula is C38H22N2O3. The van der Waals surface area contributed by atoms with Gasteiger partial charge in [-0.1, -0.05) is 66.7 Å². The van der Waals surface area contributed by atoms with Crippen molar-refractivity contribution in [1.82, 2.24) is 9.13 Å². The molecule has 43 heavy (non-hydrogen) atoms. The molecule has 3 aromatic heterocycles. The summed E-state index contributed by atoms with van der Waals surface area (Å²) in [4.78, 5) is 27.0. The molecule has 3 heterocycles. The first-order valence-electron chi connectivity index (χ1n) is 14.2. The Bertz CT molecular complexity index is 2650. The van der Waals surface area contributed by atoms with Crippen molar-refractivity contribution in [1.29, 1.82) is 0 Å². The number of benzene rings is 6. The lowest BCUT2D eigenvalue weighted by atomic mass is 10.0. The second-order valence-corrected chi connectivity index (χ2v) is 10.9. The molecule has 5 nitrogen and oxygen atoms in total. The summed E-state index contributed by atoms with van der Waals surface area (Å²) < 4.78 is 9.72. The van der Waals surface area contributed by atoms with Gasteiger partial charge in [0.05, 0.1) is 33.0 Å². The Morgan fingerprint density at radius 1 is 0.442 bits per heavy atom. The third-order valence-electron chi connectivity index (χ3n) is 8.54. The van der Waals surface area contributed by atoms with Crippen LogP contribution < -0.4 is 11.2 Å². The van der Waals surface area contributed by atoms with E-state index in [1.165, 1.54) is 0 Å². The van der Waals surface area contributed by atoms with Gasteiger partial charge in [0.25, 0.3) is 5.56 Å². The lowest BCUT2D eigenvalue weighted by molar-refractivity contribution is 0.570. The van der Waals surface area contributed by atoms with Crippen LogP contribution in [0.15, 0.2) is 147 Å². The van der Waals surface area contributed by atoms with E-state index < -0.39 is 5.63 Å². The largest absolute Gasteiger partial charge is 0.422 e.